The van der Waals surface area contributed by atoms with Crippen LogP contribution in [0.1, 0.15) is 46.0 Å². The van der Waals surface area contributed by atoms with E-state index in [0.29, 0.717) is 13.0 Å². The predicted octanol–water partition coefficient (Wildman–Crippen LogP) is 1.32. The summed E-state index contributed by atoms with van der Waals surface area (Å²) >= 11 is 0. The number of methoxy groups -OCH3 is 1. The highest BCUT2D eigenvalue weighted by atomic mass is 16.5. The summed E-state index contributed by atoms with van der Waals surface area (Å²) < 4.78 is 4.86. The molecule has 0 saturated carbocycles. The van der Waals surface area contributed by atoms with E-state index in [2.05, 4.69) is 19.2 Å². The lowest BCUT2D eigenvalue weighted by Gasteiger charge is -2.43. The quantitative estimate of drug-likeness (QED) is 0.776. The largest absolute Gasteiger partial charge is 0.467 e. The van der Waals surface area contributed by atoms with Crippen molar-refractivity contribution in [3.8, 4) is 0 Å². The van der Waals surface area contributed by atoms with Crippen LogP contribution in [0.25, 0.3) is 0 Å². The minimum atomic E-state index is -0.402. The predicted molar refractivity (Wildman–Crippen MR) is 76.2 cm³/mol. The molecule has 2 atom stereocenters. The van der Waals surface area contributed by atoms with Crippen LogP contribution in [0.15, 0.2) is 0 Å². The minimum absolute atomic E-state index is 0.0600. The van der Waals surface area contributed by atoms with Crippen molar-refractivity contribution in [3.05, 3.63) is 0 Å². The molecule has 2 saturated heterocycles. The van der Waals surface area contributed by atoms with Crippen LogP contribution in [0.2, 0.25) is 0 Å². The topological polar surface area (TPSA) is 58.6 Å². The number of hydrogen-bond donors (Lipinski definition) is 1. The van der Waals surface area contributed by atoms with Gasteiger partial charge in [0.05, 0.1) is 13.2 Å². The van der Waals surface area contributed by atoms with E-state index in [-0.39, 0.29) is 23.3 Å². The van der Waals surface area contributed by atoms with Crippen molar-refractivity contribution in [1.82, 2.24) is 10.2 Å². The molecule has 0 aromatic carbocycles. The zero-order valence-corrected chi connectivity index (χ0v) is 12.8. The van der Waals surface area contributed by atoms with Crippen molar-refractivity contribution in [1.29, 1.82) is 0 Å². The summed E-state index contributed by atoms with van der Waals surface area (Å²) in [4.78, 5) is 26.5. The van der Waals surface area contributed by atoms with Gasteiger partial charge in [-0.05, 0) is 44.1 Å². The Kier molecular flexibility index (Phi) is 4.68. The maximum atomic E-state index is 12.9. The van der Waals surface area contributed by atoms with E-state index in [1.165, 1.54) is 7.11 Å². The van der Waals surface area contributed by atoms with Crippen molar-refractivity contribution in [2.24, 2.45) is 5.41 Å². The first-order valence-corrected chi connectivity index (χ1v) is 7.59. The Morgan fingerprint density at radius 1 is 1.25 bits per heavy atom. The molecular formula is C15H26N2O3. The summed E-state index contributed by atoms with van der Waals surface area (Å²) in [5.41, 5.74) is -0.0621. The molecule has 0 aromatic heterocycles. The number of carbonyl (C=O) groups is 2. The number of amides is 1. The Morgan fingerprint density at radius 2 is 2.00 bits per heavy atom. The van der Waals surface area contributed by atoms with Gasteiger partial charge in [0.15, 0.2) is 0 Å². The summed E-state index contributed by atoms with van der Waals surface area (Å²) in [7, 11) is 1.39. The van der Waals surface area contributed by atoms with Crippen LogP contribution >= 0.6 is 0 Å². The summed E-state index contributed by atoms with van der Waals surface area (Å²) in [6.07, 6.45) is 4.79. The average Bonchev–Trinajstić information content (AvgIpc) is 2.45. The second kappa shape index (κ2) is 6.12. The average molecular weight is 282 g/mol. The van der Waals surface area contributed by atoms with Crippen molar-refractivity contribution < 1.29 is 14.3 Å². The van der Waals surface area contributed by atoms with Gasteiger partial charge in [0.1, 0.15) is 6.04 Å². The lowest BCUT2D eigenvalue weighted by atomic mass is 9.76. The van der Waals surface area contributed by atoms with Crippen LogP contribution in [0, 0.1) is 5.41 Å². The lowest BCUT2D eigenvalue weighted by molar-refractivity contribution is -0.157. The number of nitrogens with zero attached hydrogens (tertiary/aromatic N) is 1. The molecule has 1 amide bonds. The van der Waals surface area contributed by atoms with E-state index < -0.39 is 6.04 Å². The minimum Gasteiger partial charge on any atom is -0.467 e. The van der Waals surface area contributed by atoms with E-state index in [1.54, 1.807) is 4.90 Å². The van der Waals surface area contributed by atoms with Crippen LogP contribution in [0.3, 0.4) is 0 Å². The zero-order chi connectivity index (χ0) is 14.8. The highest BCUT2D eigenvalue weighted by Gasteiger charge is 2.42. The first-order valence-electron chi connectivity index (χ1n) is 7.59. The van der Waals surface area contributed by atoms with Crippen molar-refractivity contribution in [2.75, 3.05) is 20.2 Å². The van der Waals surface area contributed by atoms with Gasteiger partial charge < -0.3 is 15.0 Å². The fourth-order valence-corrected chi connectivity index (χ4v) is 3.37. The molecule has 0 aromatic rings. The Morgan fingerprint density at radius 3 is 2.65 bits per heavy atom. The van der Waals surface area contributed by atoms with Crippen molar-refractivity contribution in [3.63, 3.8) is 0 Å². The van der Waals surface area contributed by atoms with E-state index in [4.69, 9.17) is 4.74 Å². The van der Waals surface area contributed by atoms with E-state index in [1.807, 2.05) is 0 Å². The number of likely N-dealkylation sites (tertiary alicyclic amines) is 1. The second-order valence-electron chi connectivity index (χ2n) is 6.55. The van der Waals surface area contributed by atoms with Gasteiger partial charge in [-0.15, -0.1) is 0 Å². The van der Waals surface area contributed by atoms with Gasteiger partial charge in [0, 0.05) is 6.54 Å². The normalized spacial score (nSPS) is 29.9. The number of nitrogens with one attached hydrogen (secondary N) is 1. The number of hydrogen-bond acceptors (Lipinski definition) is 4. The van der Waals surface area contributed by atoms with Crippen LogP contribution in [-0.4, -0.2) is 49.1 Å². The molecule has 114 valence electrons. The third-order valence-electron chi connectivity index (χ3n) is 4.63. The third-order valence-corrected chi connectivity index (χ3v) is 4.63. The van der Waals surface area contributed by atoms with Crippen LogP contribution in [0.5, 0.6) is 0 Å². The van der Waals surface area contributed by atoms with Gasteiger partial charge in [-0.3, -0.25) is 4.79 Å². The number of ether oxygens (including phenoxy) is 1. The molecule has 0 bridgehead atoms. The molecule has 5 heteroatoms. The summed E-state index contributed by atoms with van der Waals surface area (Å²) in [5.74, 6) is -0.225. The molecule has 2 heterocycles. The second-order valence-corrected chi connectivity index (χ2v) is 6.55. The van der Waals surface area contributed by atoms with Gasteiger partial charge in [-0.2, -0.15) is 0 Å². The first-order chi connectivity index (χ1) is 9.47. The number of piperidine rings is 2. The fraction of sp³-hybridized carbons (Fsp3) is 0.867. The Balaban J connectivity index is 2.14. The van der Waals surface area contributed by atoms with Crippen LogP contribution in [-0.2, 0) is 14.3 Å². The van der Waals surface area contributed by atoms with E-state index in [0.717, 1.165) is 32.2 Å². The van der Waals surface area contributed by atoms with Gasteiger partial charge in [0.25, 0.3) is 0 Å². The Labute approximate surface area is 121 Å². The van der Waals surface area contributed by atoms with Crippen LogP contribution < -0.4 is 5.32 Å². The molecule has 0 spiro atoms. The fourth-order valence-electron chi connectivity index (χ4n) is 3.37. The van der Waals surface area contributed by atoms with Crippen molar-refractivity contribution in [2.45, 2.75) is 58.0 Å². The smallest absolute Gasteiger partial charge is 0.328 e. The standard InChI is InChI=1S/C15H26N2O3/c1-15(2)8-6-9-16-12(15)13(18)17-10-5-4-7-11(17)14(19)20-3/h11-12,16H,4-10H2,1-3H3. The molecular weight excluding hydrogens is 256 g/mol. The lowest BCUT2D eigenvalue weighted by Crippen LogP contribution is -2.60. The number of esters is 1. The monoisotopic (exact) mass is 282 g/mol. The molecule has 2 rings (SSSR count). The van der Waals surface area contributed by atoms with E-state index in [9.17, 15) is 9.59 Å². The Hall–Kier alpha value is -1.10. The molecule has 2 fully saturated rings. The van der Waals surface area contributed by atoms with Crippen molar-refractivity contribution >= 4 is 11.9 Å². The molecule has 0 aliphatic carbocycles. The van der Waals surface area contributed by atoms with Gasteiger partial charge in [0.2, 0.25) is 5.91 Å². The van der Waals surface area contributed by atoms with Crippen LogP contribution in [0.4, 0.5) is 0 Å². The number of rotatable bonds is 2. The molecule has 20 heavy (non-hydrogen) atoms. The maximum absolute atomic E-state index is 12.9. The van der Waals surface area contributed by atoms with Gasteiger partial charge >= 0.3 is 5.97 Å². The molecule has 2 aliphatic heterocycles. The van der Waals surface area contributed by atoms with Gasteiger partial charge in [-0.1, -0.05) is 13.8 Å². The maximum Gasteiger partial charge on any atom is 0.328 e. The molecule has 1 N–H and O–H groups in total. The summed E-state index contributed by atoms with van der Waals surface area (Å²) in [5, 5.41) is 3.34. The van der Waals surface area contributed by atoms with E-state index >= 15 is 0 Å². The first kappa shape index (κ1) is 15.3. The molecule has 2 aliphatic rings. The molecule has 0 radical (unpaired) electrons. The summed E-state index contributed by atoms with van der Waals surface area (Å²) in [6.45, 7) is 5.78. The highest BCUT2D eigenvalue weighted by Crippen LogP contribution is 2.32. The third kappa shape index (κ3) is 2.97. The zero-order valence-electron chi connectivity index (χ0n) is 12.8. The van der Waals surface area contributed by atoms with Gasteiger partial charge in [-0.25, -0.2) is 4.79 Å². The highest BCUT2D eigenvalue weighted by molar-refractivity contribution is 5.88. The Bertz CT molecular complexity index is 381. The molecule has 5 nitrogen and oxygen atoms in total. The summed E-state index contributed by atoms with van der Waals surface area (Å²) in [6, 6.07) is -0.595. The number of carbonyl (C=O) groups excluding carboxylic acids is 2. The SMILES string of the molecule is COC(=O)C1CCCCN1C(=O)C1NCCCC1(C)C. The molecule has 2 unspecified atom stereocenters.